The van der Waals surface area contributed by atoms with Crippen LogP contribution in [0.25, 0.3) is 5.69 Å². The van der Waals surface area contributed by atoms with Gasteiger partial charge >= 0.3 is 6.03 Å². The minimum absolute atomic E-state index is 0.108. The van der Waals surface area contributed by atoms with Gasteiger partial charge in [-0.1, -0.05) is 6.07 Å². The molecule has 2 aromatic rings. The number of amides is 2. The number of rotatable bonds is 6. The highest BCUT2D eigenvalue weighted by atomic mass is 16.5. The van der Waals surface area contributed by atoms with Gasteiger partial charge in [-0.05, 0) is 43.9 Å². The van der Waals surface area contributed by atoms with Crippen LogP contribution in [0, 0.1) is 0 Å². The molecule has 7 nitrogen and oxygen atoms in total. The first-order valence-corrected chi connectivity index (χ1v) is 8.31. The lowest BCUT2D eigenvalue weighted by Gasteiger charge is -2.19. The van der Waals surface area contributed by atoms with Gasteiger partial charge in [-0.2, -0.15) is 0 Å². The van der Waals surface area contributed by atoms with Crippen molar-refractivity contribution in [1.29, 1.82) is 0 Å². The van der Waals surface area contributed by atoms with Gasteiger partial charge in [-0.25, -0.2) is 4.79 Å². The highest BCUT2D eigenvalue weighted by Crippen LogP contribution is 2.17. The maximum Gasteiger partial charge on any atom is 0.321 e. The Labute approximate surface area is 141 Å². The van der Waals surface area contributed by atoms with Gasteiger partial charge in [0, 0.05) is 25.9 Å². The van der Waals surface area contributed by atoms with E-state index >= 15 is 0 Å². The summed E-state index contributed by atoms with van der Waals surface area (Å²) in [7, 11) is 1.81. The van der Waals surface area contributed by atoms with Crippen molar-refractivity contribution in [2.45, 2.75) is 31.8 Å². The normalized spacial score (nSPS) is 17.0. The number of urea groups is 1. The van der Waals surface area contributed by atoms with Crippen LogP contribution in [0.15, 0.2) is 36.9 Å². The van der Waals surface area contributed by atoms with Crippen LogP contribution in [-0.2, 0) is 4.74 Å². The summed E-state index contributed by atoms with van der Waals surface area (Å²) >= 11 is 0. The van der Waals surface area contributed by atoms with E-state index < -0.39 is 0 Å². The summed E-state index contributed by atoms with van der Waals surface area (Å²) in [6.45, 7) is 1.60. The monoisotopic (exact) mass is 329 g/mol. The van der Waals surface area contributed by atoms with Crippen molar-refractivity contribution in [2.75, 3.05) is 25.5 Å². The van der Waals surface area contributed by atoms with Crippen molar-refractivity contribution in [1.82, 2.24) is 19.7 Å². The van der Waals surface area contributed by atoms with Crippen LogP contribution in [0.4, 0.5) is 10.5 Å². The Hall–Kier alpha value is -2.41. The molecule has 0 bridgehead atoms. The van der Waals surface area contributed by atoms with Crippen LogP contribution in [0.3, 0.4) is 0 Å². The van der Waals surface area contributed by atoms with Crippen molar-refractivity contribution in [2.24, 2.45) is 0 Å². The van der Waals surface area contributed by atoms with Gasteiger partial charge in [-0.3, -0.25) is 4.57 Å². The Morgan fingerprint density at radius 1 is 1.42 bits per heavy atom. The van der Waals surface area contributed by atoms with E-state index in [1.165, 1.54) is 0 Å². The van der Waals surface area contributed by atoms with Crippen molar-refractivity contribution < 1.29 is 9.53 Å². The molecule has 1 saturated heterocycles. The number of nitrogens with one attached hydrogen (secondary N) is 1. The molecule has 1 atom stereocenters. The topological polar surface area (TPSA) is 72.3 Å². The number of hydrogen-bond acceptors (Lipinski definition) is 4. The predicted octanol–water partition coefficient (Wildman–Crippen LogP) is 2.69. The number of anilines is 1. The number of nitrogens with zero attached hydrogens (tertiary/aromatic N) is 4. The second-order valence-electron chi connectivity index (χ2n) is 6.05. The van der Waals surface area contributed by atoms with E-state index in [0.29, 0.717) is 6.10 Å². The van der Waals surface area contributed by atoms with Crippen molar-refractivity contribution >= 4 is 11.7 Å². The largest absolute Gasteiger partial charge is 0.378 e. The van der Waals surface area contributed by atoms with Gasteiger partial charge in [0.25, 0.3) is 0 Å². The molecule has 1 unspecified atom stereocenters. The average Bonchev–Trinajstić information content (AvgIpc) is 3.29. The third-order valence-corrected chi connectivity index (χ3v) is 4.20. The van der Waals surface area contributed by atoms with Gasteiger partial charge < -0.3 is 15.0 Å². The van der Waals surface area contributed by atoms with E-state index in [9.17, 15) is 4.79 Å². The molecule has 0 spiro atoms. The highest BCUT2D eigenvalue weighted by Gasteiger charge is 2.16. The van der Waals surface area contributed by atoms with Gasteiger partial charge in [0.2, 0.25) is 0 Å². The fraction of sp³-hybridized carbons (Fsp3) is 0.471. The maximum absolute atomic E-state index is 12.3. The van der Waals surface area contributed by atoms with Crippen LogP contribution in [-0.4, -0.2) is 52.0 Å². The molecular weight excluding hydrogens is 306 g/mol. The molecule has 1 aliphatic rings. The molecule has 1 N–H and O–H groups in total. The van der Waals surface area contributed by atoms with Crippen LogP contribution in [0.5, 0.6) is 0 Å². The zero-order chi connectivity index (χ0) is 16.8. The van der Waals surface area contributed by atoms with Crippen LogP contribution >= 0.6 is 0 Å². The van der Waals surface area contributed by atoms with Crippen LogP contribution < -0.4 is 5.32 Å². The molecule has 3 rings (SSSR count). The first kappa shape index (κ1) is 16.4. The highest BCUT2D eigenvalue weighted by molar-refractivity contribution is 5.89. The fourth-order valence-electron chi connectivity index (χ4n) is 2.83. The standard InChI is InChI=1S/C17H23N5O2/c1-21(9-3-7-16-8-4-10-24-16)17(23)20-14-5-2-6-15(11-14)22-12-18-19-13-22/h2,5-6,11-13,16H,3-4,7-10H2,1H3,(H,20,23). The molecule has 128 valence electrons. The van der Waals surface area contributed by atoms with Crippen LogP contribution in [0.2, 0.25) is 0 Å². The van der Waals surface area contributed by atoms with Gasteiger partial charge in [0.05, 0.1) is 11.8 Å². The molecule has 1 aromatic carbocycles. The lowest BCUT2D eigenvalue weighted by Crippen LogP contribution is -2.32. The molecule has 1 fully saturated rings. The summed E-state index contributed by atoms with van der Waals surface area (Å²) in [6, 6.07) is 7.48. The first-order chi connectivity index (χ1) is 11.7. The molecular formula is C17H23N5O2. The van der Waals surface area contributed by atoms with Crippen LogP contribution in [0.1, 0.15) is 25.7 Å². The van der Waals surface area contributed by atoms with Gasteiger partial charge in [0.15, 0.2) is 0 Å². The third-order valence-electron chi connectivity index (χ3n) is 4.20. The first-order valence-electron chi connectivity index (χ1n) is 8.31. The Bertz CT molecular complexity index is 653. The molecule has 24 heavy (non-hydrogen) atoms. The Morgan fingerprint density at radius 2 is 2.25 bits per heavy atom. The summed E-state index contributed by atoms with van der Waals surface area (Å²) in [4.78, 5) is 14.0. The summed E-state index contributed by atoms with van der Waals surface area (Å²) in [5, 5.41) is 10.5. The molecule has 0 radical (unpaired) electrons. The number of ether oxygens (including phenoxy) is 1. The number of benzene rings is 1. The van der Waals surface area contributed by atoms with Gasteiger partial charge in [0.1, 0.15) is 12.7 Å². The van der Waals surface area contributed by atoms with E-state index in [1.54, 1.807) is 22.1 Å². The molecule has 2 heterocycles. The molecule has 2 amide bonds. The zero-order valence-corrected chi connectivity index (χ0v) is 13.9. The summed E-state index contributed by atoms with van der Waals surface area (Å²) in [6.07, 6.45) is 7.89. The Balaban J connectivity index is 1.49. The van der Waals surface area contributed by atoms with E-state index in [4.69, 9.17) is 4.74 Å². The second kappa shape index (κ2) is 7.92. The zero-order valence-electron chi connectivity index (χ0n) is 13.9. The van der Waals surface area contributed by atoms with Gasteiger partial charge in [-0.15, -0.1) is 10.2 Å². The Kier molecular flexibility index (Phi) is 5.43. The summed E-state index contributed by atoms with van der Waals surface area (Å²) < 4.78 is 7.40. The summed E-state index contributed by atoms with van der Waals surface area (Å²) in [5.74, 6) is 0. The predicted molar refractivity (Wildman–Crippen MR) is 91.2 cm³/mol. The maximum atomic E-state index is 12.3. The quantitative estimate of drug-likeness (QED) is 0.884. The summed E-state index contributed by atoms with van der Waals surface area (Å²) in [5.41, 5.74) is 1.65. The smallest absolute Gasteiger partial charge is 0.321 e. The number of carbonyl (C=O) groups is 1. The lowest BCUT2D eigenvalue weighted by molar-refractivity contribution is 0.101. The number of carbonyl (C=O) groups excluding carboxylic acids is 1. The van der Waals surface area contributed by atoms with Crippen molar-refractivity contribution in [3.63, 3.8) is 0 Å². The average molecular weight is 329 g/mol. The molecule has 7 heteroatoms. The number of aromatic nitrogens is 3. The van der Waals surface area contributed by atoms with E-state index in [1.807, 2.05) is 31.3 Å². The van der Waals surface area contributed by atoms with E-state index in [0.717, 1.165) is 50.2 Å². The van der Waals surface area contributed by atoms with Crippen molar-refractivity contribution in [3.05, 3.63) is 36.9 Å². The minimum atomic E-state index is -0.108. The van der Waals surface area contributed by atoms with Crippen molar-refractivity contribution in [3.8, 4) is 5.69 Å². The second-order valence-corrected chi connectivity index (χ2v) is 6.05. The molecule has 1 aromatic heterocycles. The third kappa shape index (κ3) is 4.32. The molecule has 0 saturated carbocycles. The van der Waals surface area contributed by atoms with E-state index in [2.05, 4.69) is 15.5 Å². The SMILES string of the molecule is CN(CCCC1CCCO1)C(=O)Nc1cccc(-n2cnnc2)c1. The fourth-order valence-corrected chi connectivity index (χ4v) is 2.83. The Morgan fingerprint density at radius 3 is 3.00 bits per heavy atom. The molecule has 0 aliphatic carbocycles. The van der Waals surface area contributed by atoms with E-state index in [-0.39, 0.29) is 6.03 Å². The number of hydrogen-bond donors (Lipinski definition) is 1. The lowest BCUT2D eigenvalue weighted by atomic mass is 10.1. The molecule has 1 aliphatic heterocycles. The minimum Gasteiger partial charge on any atom is -0.378 e.